The van der Waals surface area contributed by atoms with Crippen molar-refractivity contribution < 1.29 is 17.7 Å². The summed E-state index contributed by atoms with van der Waals surface area (Å²) in [5.74, 6) is 1.24. The van der Waals surface area contributed by atoms with Crippen LogP contribution >= 0.6 is 23.4 Å². The molecule has 0 aliphatic carbocycles. The van der Waals surface area contributed by atoms with Crippen molar-refractivity contribution in [1.29, 1.82) is 0 Å². The maximum absolute atomic E-state index is 12.5. The second kappa shape index (κ2) is 6.08. The minimum atomic E-state index is -4.46. The zero-order chi connectivity index (χ0) is 16.5. The molecule has 0 atom stereocenters. The van der Waals surface area contributed by atoms with Gasteiger partial charge >= 0.3 is 6.18 Å². The summed E-state index contributed by atoms with van der Waals surface area (Å²) < 4.78 is 42.7. The molecule has 0 bridgehead atoms. The second-order valence-corrected chi connectivity index (χ2v) is 6.93. The highest BCUT2D eigenvalue weighted by Crippen LogP contribution is 2.34. The van der Waals surface area contributed by atoms with Crippen LogP contribution in [0.4, 0.5) is 13.2 Å². The number of alkyl halides is 3. The Bertz CT molecular complexity index is 667. The second-order valence-electron chi connectivity index (χ2n) is 5.56. The number of hydrogen-bond donors (Lipinski definition) is 0. The molecule has 0 saturated carbocycles. The average Bonchev–Trinajstić information content (AvgIpc) is 2.84. The molecule has 0 amide bonds. The fraction of sp³-hybridized carbons (Fsp3) is 0.462. The number of pyridine rings is 1. The molecule has 0 N–H and O–H groups in total. The van der Waals surface area contributed by atoms with Crippen LogP contribution in [0.1, 0.15) is 38.0 Å². The molecule has 22 heavy (non-hydrogen) atoms. The van der Waals surface area contributed by atoms with Gasteiger partial charge in [-0.25, -0.2) is 4.98 Å². The van der Waals surface area contributed by atoms with Gasteiger partial charge in [-0.05, 0) is 6.07 Å². The maximum Gasteiger partial charge on any atom is 0.417 e. The summed E-state index contributed by atoms with van der Waals surface area (Å²) in [6, 6.07) is 0.855. The Morgan fingerprint density at radius 1 is 1.27 bits per heavy atom. The van der Waals surface area contributed by atoms with Crippen LogP contribution in [0.15, 0.2) is 21.8 Å². The maximum atomic E-state index is 12.5. The van der Waals surface area contributed by atoms with Crippen molar-refractivity contribution >= 4 is 23.4 Å². The summed E-state index contributed by atoms with van der Waals surface area (Å²) in [5, 5.41) is 4.06. The molecule has 0 saturated heterocycles. The Hall–Kier alpha value is -1.28. The molecule has 0 radical (unpaired) electrons. The molecule has 0 unspecified atom stereocenters. The van der Waals surface area contributed by atoms with Gasteiger partial charge in [0.25, 0.3) is 0 Å². The lowest BCUT2D eigenvalue weighted by Crippen LogP contribution is -2.11. The van der Waals surface area contributed by atoms with E-state index in [1.165, 1.54) is 0 Å². The van der Waals surface area contributed by atoms with Crippen molar-refractivity contribution in [2.45, 2.75) is 43.1 Å². The first-order valence-corrected chi connectivity index (χ1v) is 7.62. The van der Waals surface area contributed by atoms with E-state index in [0.717, 1.165) is 24.0 Å². The lowest BCUT2D eigenvalue weighted by molar-refractivity contribution is -0.137. The number of halogens is 4. The van der Waals surface area contributed by atoms with E-state index in [-0.39, 0.29) is 15.5 Å². The summed E-state index contributed by atoms with van der Waals surface area (Å²) in [4.78, 5) is 7.97. The molecule has 2 rings (SSSR count). The fourth-order valence-corrected chi connectivity index (χ4v) is 2.47. The van der Waals surface area contributed by atoms with Gasteiger partial charge in [-0.3, -0.25) is 0 Å². The minimum absolute atomic E-state index is 0.0561. The Labute approximate surface area is 134 Å². The molecule has 0 aliphatic heterocycles. The Morgan fingerprint density at radius 2 is 1.95 bits per heavy atom. The Kier molecular flexibility index (Phi) is 4.72. The summed E-state index contributed by atoms with van der Waals surface area (Å²) in [5.41, 5.74) is -1.14. The zero-order valence-corrected chi connectivity index (χ0v) is 13.6. The lowest BCUT2D eigenvalue weighted by Gasteiger charge is -2.10. The summed E-state index contributed by atoms with van der Waals surface area (Å²) >= 11 is 6.98. The molecule has 0 fully saturated rings. The van der Waals surface area contributed by atoms with E-state index < -0.39 is 11.7 Å². The highest BCUT2D eigenvalue weighted by atomic mass is 35.5. The number of nitrogens with zero attached hydrogens (tertiary/aromatic N) is 3. The molecule has 2 heterocycles. The van der Waals surface area contributed by atoms with Crippen molar-refractivity contribution in [3.63, 3.8) is 0 Å². The quantitative estimate of drug-likeness (QED) is 0.748. The SMILES string of the molecule is CC(C)(C)c1nc(CSc2ncc(C(F)(F)F)cc2Cl)no1. The van der Waals surface area contributed by atoms with E-state index in [1.54, 1.807) is 0 Å². The van der Waals surface area contributed by atoms with Gasteiger partial charge in [0.1, 0.15) is 5.03 Å². The third-order valence-corrected chi connectivity index (χ3v) is 3.98. The van der Waals surface area contributed by atoms with Crippen molar-refractivity contribution in [2.75, 3.05) is 0 Å². The molecule has 0 aliphatic rings. The van der Waals surface area contributed by atoms with Crippen LogP contribution in [0.25, 0.3) is 0 Å². The largest absolute Gasteiger partial charge is 0.417 e. The highest BCUT2D eigenvalue weighted by molar-refractivity contribution is 7.98. The van der Waals surface area contributed by atoms with Gasteiger partial charge in [0.15, 0.2) is 5.82 Å². The van der Waals surface area contributed by atoms with E-state index in [0.29, 0.717) is 17.5 Å². The van der Waals surface area contributed by atoms with Crippen LogP contribution in [0.5, 0.6) is 0 Å². The molecule has 0 spiro atoms. The standard InChI is InChI=1S/C13H13ClF3N3OS/c1-12(2,3)11-19-9(20-21-11)6-22-10-8(14)4-7(5-18-10)13(15,16)17/h4-5H,6H2,1-3H3. The van der Waals surface area contributed by atoms with Crippen molar-refractivity contribution in [3.05, 3.63) is 34.6 Å². The summed E-state index contributed by atoms with van der Waals surface area (Å²) in [6.45, 7) is 5.81. The Morgan fingerprint density at radius 3 is 2.45 bits per heavy atom. The molecule has 4 nitrogen and oxygen atoms in total. The van der Waals surface area contributed by atoms with E-state index in [1.807, 2.05) is 20.8 Å². The third-order valence-electron chi connectivity index (χ3n) is 2.58. The summed E-state index contributed by atoms with van der Waals surface area (Å²) in [6.07, 6.45) is -3.71. The van der Waals surface area contributed by atoms with Gasteiger partial charge in [0.05, 0.1) is 16.3 Å². The van der Waals surface area contributed by atoms with Gasteiger partial charge in [0.2, 0.25) is 5.89 Å². The third kappa shape index (κ3) is 4.13. The van der Waals surface area contributed by atoms with E-state index in [9.17, 15) is 13.2 Å². The van der Waals surface area contributed by atoms with E-state index in [4.69, 9.17) is 16.1 Å². The lowest BCUT2D eigenvalue weighted by atomic mass is 9.97. The van der Waals surface area contributed by atoms with Gasteiger partial charge in [-0.15, -0.1) is 0 Å². The Balaban J connectivity index is 2.07. The van der Waals surface area contributed by atoms with Gasteiger partial charge in [-0.2, -0.15) is 18.2 Å². The van der Waals surface area contributed by atoms with Crippen LogP contribution in [0, 0.1) is 0 Å². The van der Waals surface area contributed by atoms with Gasteiger partial charge in [0, 0.05) is 11.6 Å². The fourth-order valence-electron chi connectivity index (χ4n) is 1.44. The van der Waals surface area contributed by atoms with Crippen LogP contribution in [-0.2, 0) is 17.3 Å². The number of thioether (sulfide) groups is 1. The minimum Gasteiger partial charge on any atom is -0.339 e. The summed E-state index contributed by atoms with van der Waals surface area (Å²) in [7, 11) is 0. The molecular weight excluding hydrogens is 339 g/mol. The molecule has 2 aromatic rings. The molecular formula is C13H13ClF3N3OS. The van der Waals surface area contributed by atoms with Crippen LogP contribution in [-0.4, -0.2) is 15.1 Å². The van der Waals surface area contributed by atoms with Gasteiger partial charge < -0.3 is 4.52 Å². The number of rotatable bonds is 3. The van der Waals surface area contributed by atoms with E-state index in [2.05, 4.69) is 15.1 Å². The first kappa shape index (κ1) is 17.1. The monoisotopic (exact) mass is 351 g/mol. The predicted octanol–water partition coefficient (Wildman–Crippen LogP) is 4.73. The molecule has 120 valence electrons. The molecule has 9 heteroatoms. The zero-order valence-electron chi connectivity index (χ0n) is 12.0. The normalized spacial score (nSPS) is 12.7. The molecule has 0 aromatic carbocycles. The first-order chi connectivity index (χ1) is 10.1. The average molecular weight is 352 g/mol. The topological polar surface area (TPSA) is 51.8 Å². The van der Waals surface area contributed by atoms with Crippen LogP contribution in [0.3, 0.4) is 0 Å². The van der Waals surface area contributed by atoms with Crippen LogP contribution < -0.4 is 0 Å². The molecule has 2 aromatic heterocycles. The van der Waals surface area contributed by atoms with Crippen LogP contribution in [0.2, 0.25) is 5.02 Å². The number of aromatic nitrogens is 3. The van der Waals surface area contributed by atoms with E-state index >= 15 is 0 Å². The smallest absolute Gasteiger partial charge is 0.339 e. The highest BCUT2D eigenvalue weighted by Gasteiger charge is 2.31. The predicted molar refractivity (Wildman–Crippen MR) is 76.8 cm³/mol. The van der Waals surface area contributed by atoms with Gasteiger partial charge in [-0.1, -0.05) is 49.3 Å². The first-order valence-electron chi connectivity index (χ1n) is 6.26. The van der Waals surface area contributed by atoms with Crippen molar-refractivity contribution in [3.8, 4) is 0 Å². The van der Waals surface area contributed by atoms with Crippen molar-refractivity contribution in [1.82, 2.24) is 15.1 Å². The van der Waals surface area contributed by atoms with Crippen molar-refractivity contribution in [2.24, 2.45) is 0 Å². The number of hydrogen-bond acceptors (Lipinski definition) is 5.